The molecule has 0 aliphatic rings. The minimum atomic E-state index is -0.224. The molecule has 0 bridgehead atoms. The third-order valence-electron chi connectivity index (χ3n) is 3.25. The lowest BCUT2D eigenvalue weighted by Gasteiger charge is -2.14. The van der Waals surface area contributed by atoms with E-state index in [4.69, 9.17) is 23.2 Å². The number of aromatic nitrogens is 3. The lowest BCUT2D eigenvalue weighted by atomic mass is 10.2. The van der Waals surface area contributed by atoms with Gasteiger partial charge in [-0.05, 0) is 31.5 Å². The molecule has 1 aromatic carbocycles. The van der Waals surface area contributed by atoms with Crippen molar-refractivity contribution < 1.29 is 0 Å². The summed E-state index contributed by atoms with van der Waals surface area (Å²) in [5, 5.41) is 0.456. The topological polar surface area (TPSA) is 30.7 Å². The second-order valence-electron chi connectivity index (χ2n) is 4.69. The van der Waals surface area contributed by atoms with Gasteiger partial charge in [0.2, 0.25) is 0 Å². The summed E-state index contributed by atoms with van der Waals surface area (Å²) in [6.45, 7) is 3.93. The van der Waals surface area contributed by atoms with E-state index in [1.807, 2.05) is 42.7 Å². The zero-order valence-corrected chi connectivity index (χ0v) is 12.7. The van der Waals surface area contributed by atoms with Gasteiger partial charge in [0.25, 0.3) is 0 Å². The molecule has 0 N–H and O–H groups in total. The van der Waals surface area contributed by atoms with Crippen molar-refractivity contribution in [2.75, 3.05) is 0 Å². The number of halogens is 2. The van der Waals surface area contributed by atoms with E-state index in [2.05, 4.69) is 9.97 Å². The molecule has 2 heterocycles. The van der Waals surface area contributed by atoms with Crippen LogP contribution in [0.5, 0.6) is 0 Å². The number of aryl methyl sites for hydroxylation is 1. The molecule has 0 saturated carbocycles. The first-order valence-corrected chi connectivity index (χ1v) is 7.13. The zero-order valence-electron chi connectivity index (χ0n) is 11.1. The summed E-state index contributed by atoms with van der Waals surface area (Å²) in [7, 11) is 0. The quantitative estimate of drug-likeness (QED) is 0.643. The average Bonchev–Trinajstić information content (AvgIpc) is 2.78. The first-order valence-electron chi connectivity index (χ1n) is 6.31. The van der Waals surface area contributed by atoms with Gasteiger partial charge >= 0.3 is 0 Å². The van der Waals surface area contributed by atoms with E-state index < -0.39 is 0 Å². The van der Waals surface area contributed by atoms with Crippen LogP contribution in [-0.4, -0.2) is 14.5 Å². The maximum Gasteiger partial charge on any atom is 0.132 e. The monoisotopic (exact) mass is 305 g/mol. The summed E-state index contributed by atoms with van der Waals surface area (Å²) in [4.78, 5) is 8.69. The van der Waals surface area contributed by atoms with Gasteiger partial charge in [0.15, 0.2) is 0 Å². The highest BCUT2D eigenvalue weighted by molar-refractivity contribution is 6.32. The Kier molecular flexibility index (Phi) is 3.40. The molecule has 2 aromatic heterocycles. The van der Waals surface area contributed by atoms with Crippen LogP contribution >= 0.6 is 23.2 Å². The number of rotatable bonds is 2. The van der Waals surface area contributed by atoms with Gasteiger partial charge in [-0.25, -0.2) is 4.98 Å². The van der Waals surface area contributed by atoms with Crippen molar-refractivity contribution >= 4 is 34.2 Å². The molecule has 0 aliphatic heterocycles. The second kappa shape index (κ2) is 5.08. The van der Waals surface area contributed by atoms with E-state index in [0.717, 1.165) is 28.1 Å². The van der Waals surface area contributed by atoms with Crippen LogP contribution in [0, 0.1) is 6.92 Å². The van der Waals surface area contributed by atoms with Crippen molar-refractivity contribution in [1.29, 1.82) is 0 Å². The summed E-state index contributed by atoms with van der Waals surface area (Å²) < 4.78 is 2.02. The fourth-order valence-electron chi connectivity index (χ4n) is 2.36. The summed E-state index contributed by atoms with van der Waals surface area (Å²) in [5.41, 5.74) is 3.77. The van der Waals surface area contributed by atoms with Crippen LogP contribution in [0.2, 0.25) is 5.02 Å². The summed E-state index contributed by atoms with van der Waals surface area (Å²) >= 11 is 12.7. The van der Waals surface area contributed by atoms with E-state index in [1.165, 1.54) is 0 Å². The average molecular weight is 306 g/mol. The van der Waals surface area contributed by atoms with Gasteiger partial charge in [0.1, 0.15) is 11.3 Å². The Hall–Kier alpha value is -1.58. The lowest BCUT2D eigenvalue weighted by Crippen LogP contribution is -2.04. The van der Waals surface area contributed by atoms with Crippen LogP contribution in [0.4, 0.5) is 0 Å². The normalized spacial score (nSPS) is 12.8. The van der Waals surface area contributed by atoms with E-state index in [0.29, 0.717) is 5.02 Å². The smallest absolute Gasteiger partial charge is 0.132 e. The number of hydrogen-bond acceptors (Lipinski definition) is 2. The highest BCUT2D eigenvalue weighted by Gasteiger charge is 2.19. The number of hydrogen-bond donors (Lipinski definition) is 0. The van der Waals surface area contributed by atoms with Gasteiger partial charge in [0.05, 0.1) is 27.8 Å². The Bertz CT molecular complexity index is 758. The van der Waals surface area contributed by atoms with Crippen molar-refractivity contribution in [1.82, 2.24) is 14.5 Å². The van der Waals surface area contributed by atoms with Crippen LogP contribution < -0.4 is 0 Å². The molecule has 1 atom stereocenters. The molecule has 3 rings (SSSR count). The van der Waals surface area contributed by atoms with Crippen molar-refractivity contribution in [2.45, 2.75) is 19.2 Å². The van der Waals surface area contributed by atoms with Crippen molar-refractivity contribution in [2.24, 2.45) is 0 Å². The Balaban J connectivity index is 2.43. The molecule has 102 valence electrons. The zero-order chi connectivity index (χ0) is 14.3. The first-order chi connectivity index (χ1) is 9.59. The Morgan fingerprint density at radius 2 is 2.05 bits per heavy atom. The molecule has 0 aliphatic carbocycles. The standard InChI is InChI=1S/C15H13Cl2N3/c1-9-4-3-5-11(17)14(9)20-13-6-7-18-8-12(13)19-15(20)10(2)16/h3-8,10H,1-2H3. The number of pyridine rings is 1. The van der Waals surface area contributed by atoms with E-state index >= 15 is 0 Å². The Morgan fingerprint density at radius 1 is 1.25 bits per heavy atom. The van der Waals surface area contributed by atoms with Crippen LogP contribution in [0.15, 0.2) is 36.7 Å². The van der Waals surface area contributed by atoms with E-state index in [9.17, 15) is 0 Å². The number of para-hydroxylation sites is 1. The summed E-state index contributed by atoms with van der Waals surface area (Å²) in [6, 6.07) is 7.76. The minimum Gasteiger partial charge on any atom is -0.293 e. The molecule has 20 heavy (non-hydrogen) atoms. The Labute approximate surface area is 127 Å². The number of nitrogens with zero attached hydrogens (tertiary/aromatic N) is 3. The molecular formula is C15H13Cl2N3. The maximum absolute atomic E-state index is 6.39. The molecular weight excluding hydrogens is 293 g/mol. The van der Waals surface area contributed by atoms with Gasteiger partial charge < -0.3 is 0 Å². The maximum atomic E-state index is 6.39. The molecule has 3 aromatic rings. The third-order valence-corrected chi connectivity index (χ3v) is 3.75. The van der Waals surface area contributed by atoms with E-state index in [-0.39, 0.29) is 5.38 Å². The molecule has 0 radical (unpaired) electrons. The van der Waals surface area contributed by atoms with Gasteiger partial charge in [0, 0.05) is 6.20 Å². The van der Waals surface area contributed by atoms with Gasteiger partial charge in [-0.3, -0.25) is 9.55 Å². The molecule has 0 saturated heterocycles. The molecule has 0 spiro atoms. The van der Waals surface area contributed by atoms with Gasteiger partial charge in [-0.2, -0.15) is 0 Å². The predicted octanol–water partition coefficient (Wildman–Crippen LogP) is 4.68. The van der Waals surface area contributed by atoms with Gasteiger partial charge in [-0.15, -0.1) is 11.6 Å². The first kappa shape index (κ1) is 13.4. The van der Waals surface area contributed by atoms with Crippen LogP contribution in [0.25, 0.3) is 16.7 Å². The van der Waals surface area contributed by atoms with Gasteiger partial charge in [-0.1, -0.05) is 23.7 Å². The fourth-order valence-corrected chi connectivity index (χ4v) is 2.81. The summed E-state index contributed by atoms with van der Waals surface area (Å²) in [5.74, 6) is 0.769. The number of imidazole rings is 1. The minimum absolute atomic E-state index is 0.224. The van der Waals surface area contributed by atoms with Crippen LogP contribution in [0.1, 0.15) is 23.7 Å². The molecule has 0 amide bonds. The molecule has 1 unspecified atom stereocenters. The molecule has 0 fully saturated rings. The van der Waals surface area contributed by atoms with E-state index in [1.54, 1.807) is 12.4 Å². The van der Waals surface area contributed by atoms with Crippen molar-refractivity contribution in [3.63, 3.8) is 0 Å². The SMILES string of the molecule is Cc1cccc(Cl)c1-n1c(C(C)Cl)nc2cnccc21. The van der Waals surface area contributed by atoms with Crippen LogP contribution in [-0.2, 0) is 0 Å². The van der Waals surface area contributed by atoms with Crippen molar-refractivity contribution in [3.05, 3.63) is 53.1 Å². The summed E-state index contributed by atoms with van der Waals surface area (Å²) in [6.07, 6.45) is 3.48. The predicted molar refractivity (Wildman–Crippen MR) is 82.9 cm³/mol. The highest BCUT2D eigenvalue weighted by atomic mass is 35.5. The number of benzene rings is 1. The number of alkyl halides is 1. The van der Waals surface area contributed by atoms with Crippen molar-refractivity contribution in [3.8, 4) is 5.69 Å². The Morgan fingerprint density at radius 3 is 2.75 bits per heavy atom. The third kappa shape index (κ3) is 2.07. The second-order valence-corrected chi connectivity index (χ2v) is 5.75. The molecule has 3 nitrogen and oxygen atoms in total. The lowest BCUT2D eigenvalue weighted by molar-refractivity contribution is 0.878. The number of fused-ring (bicyclic) bond motifs is 1. The molecule has 5 heteroatoms. The van der Waals surface area contributed by atoms with Crippen LogP contribution in [0.3, 0.4) is 0 Å². The fraction of sp³-hybridized carbons (Fsp3) is 0.200. The highest BCUT2D eigenvalue weighted by Crippen LogP contribution is 2.32. The largest absolute Gasteiger partial charge is 0.293 e.